The first-order valence-corrected chi connectivity index (χ1v) is 7.00. The van der Waals surface area contributed by atoms with Crippen LogP contribution in [0.15, 0.2) is 0 Å². The molecule has 3 radical (unpaired) electrons. The minimum Gasteiger partial charge on any atom is -0.380 e. The van der Waals surface area contributed by atoms with Crippen LogP contribution in [0.4, 0.5) is 0 Å². The third-order valence-electron chi connectivity index (χ3n) is 2.08. The van der Waals surface area contributed by atoms with Crippen molar-refractivity contribution in [3.8, 4) is 0 Å². The predicted octanol–water partition coefficient (Wildman–Crippen LogP) is 0.792. The first-order chi connectivity index (χ1) is 6.67. The maximum atomic E-state index is 5.60. The highest BCUT2D eigenvalue weighted by Gasteiger charge is 2.34. The number of thiol groups is 1. The number of ether oxygens (including phenoxy) is 1. The molecule has 1 saturated heterocycles. The van der Waals surface area contributed by atoms with Gasteiger partial charge in [0.15, 0.2) is 0 Å². The minimum atomic E-state index is -0.361. The second-order valence-electron chi connectivity index (χ2n) is 3.39. The lowest BCUT2D eigenvalue weighted by Crippen LogP contribution is -2.26. The molecule has 0 spiro atoms. The van der Waals surface area contributed by atoms with Crippen LogP contribution in [0.3, 0.4) is 0 Å². The molecule has 1 aliphatic rings. The summed E-state index contributed by atoms with van der Waals surface area (Å²) in [7, 11) is 6.58. The monoisotopic (exact) mass is 231 g/mol. The molecule has 0 aromatic heterocycles. The molecule has 1 heterocycles. The number of rotatable bonds is 5. The summed E-state index contributed by atoms with van der Waals surface area (Å²) in [6.07, 6.45) is 0.666. The van der Waals surface area contributed by atoms with Gasteiger partial charge in [0.2, 0.25) is 0 Å². The Balaban J connectivity index is 2.34. The van der Waals surface area contributed by atoms with Crippen LogP contribution in [0.1, 0.15) is 6.42 Å². The molecule has 1 aliphatic heterocycles. The molecular formula is C7H14B2O3PS. The van der Waals surface area contributed by atoms with E-state index in [1.807, 2.05) is 13.3 Å². The summed E-state index contributed by atoms with van der Waals surface area (Å²) in [5.41, 5.74) is 0. The van der Waals surface area contributed by atoms with Gasteiger partial charge < -0.3 is 13.4 Å². The average molecular weight is 231 g/mol. The van der Waals surface area contributed by atoms with E-state index < -0.39 is 0 Å². The van der Waals surface area contributed by atoms with Crippen molar-refractivity contribution in [1.29, 1.82) is 0 Å². The molecule has 1 rings (SSSR count). The largest absolute Gasteiger partial charge is 0.380 e. The Morgan fingerprint density at radius 2 is 2.36 bits per heavy atom. The summed E-state index contributed by atoms with van der Waals surface area (Å²) in [4.78, 5) is 0. The molecule has 0 saturated carbocycles. The van der Waals surface area contributed by atoms with Gasteiger partial charge in [-0.15, -0.1) is 0 Å². The summed E-state index contributed by atoms with van der Waals surface area (Å²) in [5, 5.41) is 0. The lowest BCUT2D eigenvalue weighted by Gasteiger charge is -2.18. The molecule has 14 heavy (non-hydrogen) atoms. The highest BCUT2D eigenvalue weighted by Crippen LogP contribution is 2.30. The molecule has 0 aliphatic carbocycles. The van der Waals surface area contributed by atoms with Crippen molar-refractivity contribution in [2.24, 2.45) is 0 Å². The molecule has 7 heteroatoms. The van der Waals surface area contributed by atoms with Gasteiger partial charge in [0, 0.05) is 21.9 Å². The van der Waals surface area contributed by atoms with E-state index in [0.717, 1.165) is 6.42 Å². The van der Waals surface area contributed by atoms with Crippen molar-refractivity contribution < 1.29 is 13.4 Å². The van der Waals surface area contributed by atoms with Gasteiger partial charge in [0.1, 0.15) is 12.2 Å². The van der Waals surface area contributed by atoms with Crippen LogP contribution in [0.5, 0.6) is 0 Å². The zero-order valence-electron chi connectivity index (χ0n) is 8.42. The molecule has 0 N–H and O–H groups in total. The normalized spacial score (nSPS) is 32.4. The van der Waals surface area contributed by atoms with Gasteiger partial charge in [-0.1, -0.05) is 0 Å². The average Bonchev–Trinajstić information content (AvgIpc) is 2.57. The SMILES string of the molecule is [B][B]C1CC(OS)C(COP(C)C)O1. The van der Waals surface area contributed by atoms with Gasteiger partial charge in [-0.2, -0.15) is 0 Å². The van der Waals surface area contributed by atoms with E-state index in [9.17, 15) is 0 Å². The molecule has 0 amide bonds. The van der Waals surface area contributed by atoms with Crippen LogP contribution in [0, 0.1) is 0 Å². The second kappa shape index (κ2) is 6.39. The molecule has 0 aromatic rings. The quantitative estimate of drug-likeness (QED) is 0.328. The molecule has 0 bridgehead atoms. The Kier molecular flexibility index (Phi) is 5.87. The van der Waals surface area contributed by atoms with E-state index in [2.05, 4.69) is 12.9 Å². The summed E-state index contributed by atoms with van der Waals surface area (Å²) >= 11 is 3.81. The van der Waals surface area contributed by atoms with E-state index in [0.29, 0.717) is 6.61 Å². The molecule has 77 valence electrons. The molecule has 0 aromatic carbocycles. The van der Waals surface area contributed by atoms with Crippen molar-refractivity contribution in [2.45, 2.75) is 24.6 Å². The van der Waals surface area contributed by atoms with Crippen molar-refractivity contribution in [3.63, 3.8) is 0 Å². The third-order valence-corrected chi connectivity index (χ3v) is 3.01. The van der Waals surface area contributed by atoms with Crippen LogP contribution >= 0.6 is 21.1 Å². The summed E-state index contributed by atoms with van der Waals surface area (Å²) < 4.78 is 16.1. The lowest BCUT2D eigenvalue weighted by molar-refractivity contribution is 0.0194. The molecule has 3 nitrogen and oxygen atoms in total. The van der Waals surface area contributed by atoms with Gasteiger partial charge in [0.25, 0.3) is 0 Å². The highest BCUT2D eigenvalue weighted by molar-refractivity contribution is 7.75. The third kappa shape index (κ3) is 3.74. The predicted molar refractivity (Wildman–Crippen MR) is 63.4 cm³/mol. The van der Waals surface area contributed by atoms with Gasteiger partial charge in [0.05, 0.1) is 13.8 Å². The summed E-state index contributed by atoms with van der Waals surface area (Å²) in [6.45, 7) is 4.65. The molecule has 3 unspecified atom stereocenters. The first kappa shape index (κ1) is 12.9. The van der Waals surface area contributed by atoms with E-state index in [4.69, 9.17) is 21.2 Å². The van der Waals surface area contributed by atoms with Crippen LogP contribution in [0.2, 0.25) is 0 Å². The Hall–Kier alpha value is 0.790. The Morgan fingerprint density at radius 3 is 2.86 bits per heavy atom. The van der Waals surface area contributed by atoms with E-state index in [1.54, 1.807) is 7.17 Å². The van der Waals surface area contributed by atoms with Gasteiger partial charge >= 0.3 is 0 Å². The fourth-order valence-corrected chi connectivity index (χ4v) is 2.02. The van der Waals surface area contributed by atoms with Crippen LogP contribution in [-0.4, -0.2) is 53.1 Å². The fraction of sp³-hybridized carbons (Fsp3) is 1.00. The molecule has 1 fully saturated rings. The molecule has 3 atom stereocenters. The van der Waals surface area contributed by atoms with Crippen molar-refractivity contribution in [3.05, 3.63) is 0 Å². The van der Waals surface area contributed by atoms with Crippen molar-refractivity contribution in [1.82, 2.24) is 0 Å². The smallest absolute Gasteiger partial charge is 0.108 e. The Bertz CT molecular complexity index is 175. The second-order valence-corrected chi connectivity index (χ2v) is 5.49. The Morgan fingerprint density at radius 1 is 1.64 bits per heavy atom. The van der Waals surface area contributed by atoms with Gasteiger partial charge in [-0.3, -0.25) is 0 Å². The van der Waals surface area contributed by atoms with Crippen molar-refractivity contribution >= 4 is 36.0 Å². The van der Waals surface area contributed by atoms with Crippen LogP contribution in [0.25, 0.3) is 0 Å². The van der Waals surface area contributed by atoms with Crippen LogP contribution in [-0.2, 0) is 13.4 Å². The number of hydrogen-bond donors (Lipinski definition) is 1. The highest BCUT2D eigenvalue weighted by atomic mass is 32.1. The van der Waals surface area contributed by atoms with Crippen LogP contribution < -0.4 is 0 Å². The van der Waals surface area contributed by atoms with Gasteiger partial charge in [-0.05, 0) is 32.7 Å². The fourth-order valence-electron chi connectivity index (χ4n) is 1.35. The van der Waals surface area contributed by atoms with Crippen molar-refractivity contribution in [2.75, 3.05) is 19.9 Å². The van der Waals surface area contributed by atoms with E-state index in [-0.39, 0.29) is 26.4 Å². The van der Waals surface area contributed by atoms with E-state index in [1.165, 1.54) is 0 Å². The van der Waals surface area contributed by atoms with Gasteiger partial charge in [-0.25, -0.2) is 0 Å². The molecular weight excluding hydrogens is 217 g/mol. The number of hydrogen-bond acceptors (Lipinski definition) is 4. The first-order valence-electron chi connectivity index (χ1n) is 4.48. The minimum absolute atomic E-state index is 0.0296. The summed E-state index contributed by atoms with van der Waals surface area (Å²) in [6, 6.07) is -0.0410. The zero-order valence-corrected chi connectivity index (χ0v) is 10.2. The maximum absolute atomic E-state index is 5.60. The Labute approximate surface area is 94.3 Å². The standard InChI is InChI=1S/C7H14B2O3PS/c1-13(2)10-4-6-5(12-14)3-7(9-8)11-6/h5-7,14H,3-4H2,1-2H3. The summed E-state index contributed by atoms with van der Waals surface area (Å²) in [5.74, 6) is 0. The lowest BCUT2D eigenvalue weighted by atomic mass is 9.51. The zero-order chi connectivity index (χ0) is 10.6. The topological polar surface area (TPSA) is 27.7 Å². The van der Waals surface area contributed by atoms with E-state index >= 15 is 0 Å². The maximum Gasteiger partial charge on any atom is 0.108 e.